The number of ether oxygens (including phenoxy) is 2. The lowest BCUT2D eigenvalue weighted by molar-refractivity contribution is 0.415. The summed E-state index contributed by atoms with van der Waals surface area (Å²) in [7, 11) is 1.71. The van der Waals surface area contributed by atoms with E-state index in [1.54, 1.807) is 7.11 Å². The number of rotatable bonds is 8. The van der Waals surface area contributed by atoms with E-state index < -0.39 is 0 Å². The van der Waals surface area contributed by atoms with Crippen LogP contribution in [0.1, 0.15) is 77.9 Å². The third kappa shape index (κ3) is 6.40. The molecule has 6 nitrogen and oxygen atoms in total. The van der Waals surface area contributed by atoms with Gasteiger partial charge < -0.3 is 9.47 Å². The first kappa shape index (κ1) is 34.1. The standard InChI is InChI=1S/C45H48N4O2/c1-10-38-43(29-15-13-12-14-16-29)39(11-2)49(47-38)32-23-31(45(6,7)8)24-35(26-32)51-34-17-19-36-37-27-33(50-9)18-20-40(37)48(41(36)28-34)42-25-30(21-22-46-42)44(3,4)5/h12-28H,10-11H2,1-9H3. The molecule has 0 aliphatic rings. The lowest BCUT2D eigenvalue weighted by Crippen LogP contribution is -2.13. The maximum absolute atomic E-state index is 6.82. The molecule has 7 aromatic rings. The zero-order valence-corrected chi connectivity index (χ0v) is 31.3. The van der Waals surface area contributed by atoms with Crippen LogP contribution in [0.2, 0.25) is 0 Å². The van der Waals surface area contributed by atoms with Crippen molar-refractivity contribution in [3.05, 3.63) is 126 Å². The Morgan fingerprint density at radius 1 is 0.647 bits per heavy atom. The minimum absolute atomic E-state index is 0.0182. The van der Waals surface area contributed by atoms with Crippen molar-refractivity contribution in [2.75, 3.05) is 7.11 Å². The summed E-state index contributed by atoms with van der Waals surface area (Å²) in [6.45, 7) is 17.8. The molecule has 0 spiro atoms. The Morgan fingerprint density at radius 2 is 1.39 bits per heavy atom. The first-order chi connectivity index (χ1) is 24.4. The Labute approximate surface area is 301 Å². The molecule has 0 bridgehead atoms. The maximum atomic E-state index is 6.82. The molecule has 0 unspecified atom stereocenters. The van der Waals surface area contributed by atoms with Gasteiger partial charge in [0.1, 0.15) is 23.1 Å². The molecule has 3 aromatic heterocycles. The van der Waals surface area contributed by atoms with Crippen LogP contribution < -0.4 is 9.47 Å². The van der Waals surface area contributed by atoms with E-state index in [1.165, 1.54) is 27.9 Å². The highest BCUT2D eigenvalue weighted by atomic mass is 16.5. The molecule has 3 heterocycles. The second kappa shape index (κ2) is 13.1. The average molecular weight is 677 g/mol. The number of hydrogen-bond donors (Lipinski definition) is 0. The Hall–Kier alpha value is -5.36. The smallest absolute Gasteiger partial charge is 0.137 e. The molecule has 6 heteroatoms. The molecule has 7 rings (SSSR count). The van der Waals surface area contributed by atoms with Gasteiger partial charge in [0.25, 0.3) is 0 Å². The van der Waals surface area contributed by atoms with E-state index in [0.717, 1.165) is 69.1 Å². The van der Waals surface area contributed by atoms with Crippen molar-refractivity contribution in [2.24, 2.45) is 0 Å². The van der Waals surface area contributed by atoms with Crippen LogP contribution in [0.25, 0.3) is 44.4 Å². The summed E-state index contributed by atoms with van der Waals surface area (Å²) >= 11 is 0. The van der Waals surface area contributed by atoms with Crippen molar-refractivity contribution in [3.8, 4) is 39.9 Å². The number of hydrogen-bond acceptors (Lipinski definition) is 4. The highest BCUT2D eigenvalue weighted by Gasteiger charge is 2.23. The number of benzene rings is 4. The highest BCUT2D eigenvalue weighted by Crippen LogP contribution is 2.39. The van der Waals surface area contributed by atoms with Gasteiger partial charge in [-0.05, 0) is 95.0 Å². The minimum atomic E-state index is -0.108. The maximum Gasteiger partial charge on any atom is 0.137 e. The van der Waals surface area contributed by atoms with E-state index in [-0.39, 0.29) is 10.8 Å². The zero-order valence-electron chi connectivity index (χ0n) is 31.3. The van der Waals surface area contributed by atoms with Crippen LogP contribution in [-0.2, 0) is 23.7 Å². The van der Waals surface area contributed by atoms with Crippen LogP contribution in [-0.4, -0.2) is 26.4 Å². The highest BCUT2D eigenvalue weighted by molar-refractivity contribution is 6.10. The Balaban J connectivity index is 1.38. The van der Waals surface area contributed by atoms with E-state index in [0.29, 0.717) is 0 Å². The van der Waals surface area contributed by atoms with Crippen molar-refractivity contribution in [2.45, 2.75) is 79.1 Å². The predicted molar refractivity (Wildman–Crippen MR) is 210 cm³/mol. The average Bonchev–Trinajstić information content (AvgIpc) is 3.66. The number of aryl methyl sites for hydroxylation is 1. The molecule has 0 saturated heterocycles. The zero-order chi connectivity index (χ0) is 36.1. The fourth-order valence-corrected chi connectivity index (χ4v) is 6.99. The normalized spacial score (nSPS) is 12.2. The first-order valence-electron chi connectivity index (χ1n) is 18.0. The fourth-order valence-electron chi connectivity index (χ4n) is 6.99. The van der Waals surface area contributed by atoms with Crippen molar-refractivity contribution in [1.82, 2.24) is 19.3 Å². The van der Waals surface area contributed by atoms with E-state index >= 15 is 0 Å². The van der Waals surface area contributed by atoms with Crippen LogP contribution in [0.4, 0.5) is 0 Å². The quantitative estimate of drug-likeness (QED) is 0.161. The Bertz CT molecular complexity index is 2370. The molecule has 0 radical (unpaired) electrons. The SMILES string of the molecule is CCc1nn(-c2cc(Oc3ccc4c5cc(OC)ccc5n(-c5cc(C(C)(C)C)ccn5)c4c3)cc(C(C)(C)C)c2)c(CC)c1-c1ccccc1. The Morgan fingerprint density at radius 3 is 2.08 bits per heavy atom. The molecule has 0 aliphatic carbocycles. The lowest BCUT2D eigenvalue weighted by Gasteiger charge is -2.22. The van der Waals surface area contributed by atoms with Gasteiger partial charge in [0, 0.05) is 34.7 Å². The number of methoxy groups -OCH3 is 1. The molecule has 51 heavy (non-hydrogen) atoms. The van der Waals surface area contributed by atoms with Crippen molar-refractivity contribution in [1.29, 1.82) is 0 Å². The number of pyridine rings is 1. The molecule has 0 fully saturated rings. The largest absolute Gasteiger partial charge is 0.497 e. The van der Waals surface area contributed by atoms with Gasteiger partial charge in [-0.2, -0.15) is 5.10 Å². The van der Waals surface area contributed by atoms with E-state index in [4.69, 9.17) is 19.6 Å². The van der Waals surface area contributed by atoms with Gasteiger partial charge in [-0.1, -0.05) is 85.7 Å². The number of aromatic nitrogens is 4. The second-order valence-corrected chi connectivity index (χ2v) is 15.4. The molecule has 260 valence electrons. The third-order valence-electron chi connectivity index (χ3n) is 9.81. The molecule has 0 N–H and O–H groups in total. The topological polar surface area (TPSA) is 54.1 Å². The summed E-state index contributed by atoms with van der Waals surface area (Å²) < 4.78 is 16.8. The van der Waals surface area contributed by atoms with E-state index in [9.17, 15) is 0 Å². The van der Waals surface area contributed by atoms with E-state index in [1.807, 2.05) is 12.3 Å². The first-order valence-corrected chi connectivity index (χ1v) is 18.0. The summed E-state index contributed by atoms with van der Waals surface area (Å²) in [5.74, 6) is 3.20. The number of nitrogens with zero attached hydrogens (tertiary/aromatic N) is 4. The van der Waals surface area contributed by atoms with Gasteiger partial charge in [-0.25, -0.2) is 9.67 Å². The summed E-state index contributed by atoms with van der Waals surface area (Å²) in [5.41, 5.74) is 10.1. The van der Waals surface area contributed by atoms with Gasteiger partial charge in [0.05, 0.1) is 35.2 Å². The molecule has 0 atom stereocenters. The van der Waals surface area contributed by atoms with Crippen LogP contribution in [0.5, 0.6) is 17.2 Å². The van der Waals surface area contributed by atoms with Gasteiger partial charge in [0.15, 0.2) is 0 Å². The van der Waals surface area contributed by atoms with Crippen molar-refractivity contribution in [3.63, 3.8) is 0 Å². The summed E-state index contributed by atoms with van der Waals surface area (Å²) in [6.07, 6.45) is 3.60. The number of fused-ring (bicyclic) bond motifs is 3. The van der Waals surface area contributed by atoms with Gasteiger partial charge in [0.2, 0.25) is 0 Å². The van der Waals surface area contributed by atoms with Crippen LogP contribution in [0.3, 0.4) is 0 Å². The molecule has 0 aliphatic heterocycles. The molecular formula is C45H48N4O2. The van der Waals surface area contributed by atoms with Crippen molar-refractivity contribution >= 4 is 21.8 Å². The fraction of sp³-hybridized carbons (Fsp3) is 0.289. The van der Waals surface area contributed by atoms with Gasteiger partial charge in [-0.15, -0.1) is 0 Å². The van der Waals surface area contributed by atoms with Crippen LogP contribution >= 0.6 is 0 Å². The molecule has 0 saturated carbocycles. The Kier molecular flexibility index (Phi) is 8.74. The van der Waals surface area contributed by atoms with Gasteiger partial charge in [-0.3, -0.25) is 4.57 Å². The predicted octanol–water partition coefficient (Wildman–Crippen LogP) is 11.6. The van der Waals surface area contributed by atoms with Crippen LogP contribution in [0, 0.1) is 0 Å². The summed E-state index contributed by atoms with van der Waals surface area (Å²) in [4.78, 5) is 4.87. The van der Waals surface area contributed by atoms with Gasteiger partial charge >= 0.3 is 0 Å². The molecular weight excluding hydrogens is 629 g/mol. The summed E-state index contributed by atoms with van der Waals surface area (Å²) in [6, 6.07) is 34.0. The second-order valence-electron chi connectivity index (χ2n) is 15.4. The monoisotopic (exact) mass is 676 g/mol. The minimum Gasteiger partial charge on any atom is -0.497 e. The third-order valence-corrected chi connectivity index (χ3v) is 9.81. The molecule has 0 amide bonds. The van der Waals surface area contributed by atoms with E-state index in [2.05, 4.69) is 156 Å². The van der Waals surface area contributed by atoms with Crippen molar-refractivity contribution < 1.29 is 9.47 Å². The van der Waals surface area contributed by atoms with Crippen LogP contribution in [0.15, 0.2) is 103 Å². The lowest BCUT2D eigenvalue weighted by atomic mass is 9.86. The molecule has 4 aromatic carbocycles. The summed E-state index contributed by atoms with van der Waals surface area (Å²) in [5, 5.41) is 7.41.